The van der Waals surface area contributed by atoms with Crippen molar-refractivity contribution in [3.63, 3.8) is 0 Å². The summed E-state index contributed by atoms with van der Waals surface area (Å²) in [7, 11) is 0. The fraction of sp³-hybridized carbons (Fsp3) is 0.471. The van der Waals surface area contributed by atoms with Crippen molar-refractivity contribution in [2.45, 2.75) is 45.7 Å². The molecule has 0 fully saturated rings. The summed E-state index contributed by atoms with van der Waals surface area (Å²) in [4.78, 5) is 10.9. The van der Waals surface area contributed by atoms with Crippen molar-refractivity contribution in [1.82, 2.24) is 9.88 Å². The van der Waals surface area contributed by atoms with Gasteiger partial charge in [0.2, 0.25) is 0 Å². The van der Waals surface area contributed by atoms with Gasteiger partial charge >= 0.3 is 5.97 Å². The van der Waals surface area contributed by atoms with Crippen molar-refractivity contribution in [3.05, 3.63) is 36.0 Å². The molecule has 0 saturated carbocycles. The number of nitrogens with one attached hydrogen (secondary N) is 1. The number of nitrogens with zero attached hydrogens (tertiary/aromatic N) is 1. The van der Waals surface area contributed by atoms with E-state index < -0.39 is 5.97 Å². The highest BCUT2D eigenvalue weighted by atomic mass is 16.4. The normalized spacial score (nSPS) is 11.1. The van der Waals surface area contributed by atoms with Crippen LogP contribution in [0.1, 0.15) is 38.2 Å². The molecule has 0 saturated heterocycles. The van der Waals surface area contributed by atoms with Crippen LogP contribution < -0.4 is 5.32 Å². The fourth-order valence-corrected chi connectivity index (χ4v) is 2.64. The van der Waals surface area contributed by atoms with Gasteiger partial charge in [-0.2, -0.15) is 0 Å². The highest BCUT2D eigenvalue weighted by molar-refractivity contribution is 5.85. The number of rotatable bonds is 9. The van der Waals surface area contributed by atoms with E-state index in [1.165, 1.54) is 31.2 Å². The average Bonchev–Trinajstić information content (AvgIpc) is 2.81. The molecule has 4 nitrogen and oxygen atoms in total. The second-order valence-corrected chi connectivity index (χ2v) is 5.43. The van der Waals surface area contributed by atoms with Crippen LogP contribution in [0, 0.1) is 0 Å². The first-order chi connectivity index (χ1) is 10.2. The third-order valence-corrected chi connectivity index (χ3v) is 3.70. The van der Waals surface area contributed by atoms with E-state index in [1.54, 1.807) is 0 Å². The summed E-state index contributed by atoms with van der Waals surface area (Å²) in [5.74, 6) is -0.810. The van der Waals surface area contributed by atoms with Crippen LogP contribution in [-0.2, 0) is 17.9 Å². The molecular formula is C17H24N2O2. The van der Waals surface area contributed by atoms with Crippen molar-refractivity contribution < 1.29 is 9.90 Å². The molecule has 0 radical (unpaired) electrons. The highest BCUT2D eigenvalue weighted by Crippen LogP contribution is 2.21. The lowest BCUT2D eigenvalue weighted by atomic mass is 10.1. The summed E-state index contributed by atoms with van der Waals surface area (Å²) >= 11 is 0. The molecular weight excluding hydrogens is 264 g/mol. The summed E-state index contributed by atoms with van der Waals surface area (Å²) in [5.41, 5.74) is 2.16. The zero-order valence-electron chi connectivity index (χ0n) is 12.6. The molecule has 1 aromatic carbocycles. The number of benzene rings is 1. The Morgan fingerprint density at radius 1 is 1.24 bits per heavy atom. The van der Waals surface area contributed by atoms with Crippen LogP contribution in [0.5, 0.6) is 0 Å². The van der Waals surface area contributed by atoms with Gasteiger partial charge in [-0.1, -0.05) is 44.4 Å². The maximum absolute atomic E-state index is 10.9. The van der Waals surface area contributed by atoms with Crippen LogP contribution in [0.15, 0.2) is 30.5 Å². The van der Waals surface area contributed by atoms with Crippen LogP contribution in [0.3, 0.4) is 0 Å². The van der Waals surface area contributed by atoms with Crippen LogP contribution in [0.4, 0.5) is 0 Å². The lowest BCUT2D eigenvalue weighted by molar-refractivity contribution is -0.137. The Labute approximate surface area is 125 Å². The van der Waals surface area contributed by atoms with Crippen molar-refractivity contribution in [1.29, 1.82) is 0 Å². The lowest BCUT2D eigenvalue weighted by Gasteiger charge is -2.03. The van der Waals surface area contributed by atoms with Crippen molar-refractivity contribution in [2.75, 3.05) is 6.54 Å². The molecule has 2 aromatic rings. The topological polar surface area (TPSA) is 54.3 Å². The molecule has 0 aliphatic rings. The molecule has 0 spiro atoms. The van der Waals surface area contributed by atoms with Crippen LogP contribution in [0.2, 0.25) is 0 Å². The molecule has 0 amide bonds. The number of carbonyl (C=O) groups is 1. The summed E-state index contributed by atoms with van der Waals surface area (Å²) < 4.78 is 1.81. The minimum Gasteiger partial charge on any atom is -0.480 e. The summed E-state index contributed by atoms with van der Waals surface area (Å²) in [6.45, 7) is 4.03. The van der Waals surface area contributed by atoms with Gasteiger partial charge in [-0.3, -0.25) is 4.79 Å². The predicted molar refractivity (Wildman–Crippen MR) is 85.4 cm³/mol. The molecule has 1 heterocycles. The van der Waals surface area contributed by atoms with Crippen molar-refractivity contribution in [3.8, 4) is 0 Å². The number of fused-ring (bicyclic) bond motifs is 1. The Balaban J connectivity index is 2.00. The molecule has 4 heteroatoms. The Morgan fingerprint density at radius 2 is 2.05 bits per heavy atom. The highest BCUT2D eigenvalue weighted by Gasteiger charge is 2.09. The number of para-hydroxylation sites is 1. The number of aromatic nitrogens is 1. The minimum absolute atomic E-state index is 0.0109. The third kappa shape index (κ3) is 4.33. The SMILES string of the molecule is CCCCCCNCc1cn(CC(=O)O)c2ccccc12. The van der Waals surface area contributed by atoms with Crippen molar-refractivity contribution in [2.24, 2.45) is 0 Å². The van der Waals surface area contributed by atoms with E-state index in [1.807, 2.05) is 29.0 Å². The van der Waals surface area contributed by atoms with E-state index in [9.17, 15) is 4.79 Å². The zero-order chi connectivity index (χ0) is 15.1. The number of aliphatic carboxylic acids is 1. The second-order valence-electron chi connectivity index (χ2n) is 5.43. The molecule has 0 aliphatic carbocycles. The van der Waals surface area contributed by atoms with Crippen LogP contribution >= 0.6 is 0 Å². The van der Waals surface area contributed by atoms with Gasteiger partial charge in [-0.25, -0.2) is 0 Å². The molecule has 2 N–H and O–H groups in total. The number of unbranched alkanes of at least 4 members (excludes halogenated alkanes) is 3. The van der Waals surface area contributed by atoms with E-state index in [4.69, 9.17) is 5.11 Å². The zero-order valence-corrected chi connectivity index (χ0v) is 12.6. The van der Waals surface area contributed by atoms with Gasteiger partial charge < -0.3 is 15.0 Å². The number of carboxylic acid groups (broad SMARTS) is 1. The van der Waals surface area contributed by atoms with E-state index in [0.717, 1.165) is 24.0 Å². The van der Waals surface area contributed by atoms with Crippen molar-refractivity contribution >= 4 is 16.9 Å². The van der Waals surface area contributed by atoms with E-state index >= 15 is 0 Å². The molecule has 0 aliphatic heterocycles. The fourth-order valence-electron chi connectivity index (χ4n) is 2.64. The first-order valence-corrected chi connectivity index (χ1v) is 7.71. The summed E-state index contributed by atoms with van der Waals surface area (Å²) in [6.07, 6.45) is 6.96. The molecule has 114 valence electrons. The Bertz CT molecular complexity index is 589. The molecule has 21 heavy (non-hydrogen) atoms. The van der Waals surface area contributed by atoms with Crippen LogP contribution in [0.25, 0.3) is 10.9 Å². The quantitative estimate of drug-likeness (QED) is 0.695. The number of hydrogen-bond acceptors (Lipinski definition) is 2. The summed E-state index contributed by atoms with van der Waals surface area (Å²) in [5, 5.41) is 13.6. The third-order valence-electron chi connectivity index (χ3n) is 3.70. The maximum Gasteiger partial charge on any atom is 0.323 e. The Kier molecular flexibility index (Phi) is 5.81. The van der Waals surface area contributed by atoms with Gasteiger partial charge in [0.1, 0.15) is 6.54 Å². The first kappa shape index (κ1) is 15.6. The first-order valence-electron chi connectivity index (χ1n) is 7.71. The number of hydrogen-bond donors (Lipinski definition) is 2. The predicted octanol–water partition coefficient (Wildman–Crippen LogP) is 3.40. The van der Waals surface area contributed by atoms with Gasteiger partial charge in [0, 0.05) is 23.6 Å². The van der Waals surface area contributed by atoms with Gasteiger partial charge in [-0.05, 0) is 24.6 Å². The molecule has 0 unspecified atom stereocenters. The van der Waals surface area contributed by atoms with E-state index in [0.29, 0.717) is 0 Å². The molecule has 0 atom stereocenters. The summed E-state index contributed by atoms with van der Waals surface area (Å²) in [6, 6.07) is 7.98. The monoisotopic (exact) mass is 288 g/mol. The molecule has 0 bridgehead atoms. The van der Waals surface area contributed by atoms with Gasteiger partial charge in [0.25, 0.3) is 0 Å². The second kappa shape index (κ2) is 7.84. The largest absolute Gasteiger partial charge is 0.480 e. The minimum atomic E-state index is -0.810. The van der Waals surface area contributed by atoms with Gasteiger partial charge in [0.15, 0.2) is 0 Å². The standard InChI is InChI=1S/C17H24N2O2/c1-2-3-4-7-10-18-11-14-12-19(13-17(20)21)16-9-6-5-8-15(14)16/h5-6,8-9,12,18H,2-4,7,10-11,13H2,1H3,(H,20,21). The number of carboxylic acids is 1. The van der Waals surface area contributed by atoms with Crippen LogP contribution in [-0.4, -0.2) is 22.2 Å². The average molecular weight is 288 g/mol. The smallest absolute Gasteiger partial charge is 0.323 e. The lowest BCUT2D eigenvalue weighted by Crippen LogP contribution is -2.14. The maximum atomic E-state index is 10.9. The van der Waals surface area contributed by atoms with E-state index in [2.05, 4.69) is 18.3 Å². The Hall–Kier alpha value is -1.81. The van der Waals surface area contributed by atoms with Gasteiger partial charge in [0.05, 0.1) is 0 Å². The van der Waals surface area contributed by atoms with E-state index in [-0.39, 0.29) is 6.54 Å². The molecule has 2 rings (SSSR count). The molecule has 1 aromatic heterocycles. The van der Waals surface area contributed by atoms with Gasteiger partial charge in [-0.15, -0.1) is 0 Å². The Morgan fingerprint density at radius 3 is 2.81 bits per heavy atom.